The molecule has 0 aromatic carbocycles. The summed E-state index contributed by atoms with van der Waals surface area (Å²) in [7, 11) is 13.1. The molecule has 10 heteroatoms. The monoisotopic (exact) mass is 493 g/mol. The Labute approximate surface area is 103 Å². The van der Waals surface area contributed by atoms with Gasteiger partial charge in [0.15, 0.2) is 0 Å². The van der Waals surface area contributed by atoms with Gasteiger partial charge in [-0.15, -0.1) is 37.0 Å². The van der Waals surface area contributed by atoms with Crippen LogP contribution in [-0.4, -0.2) is 11.8 Å². The predicted octanol–water partition coefficient (Wildman–Crippen LogP) is 4.71. The minimum absolute atomic E-state index is 0. The molecule has 0 spiro atoms. The first-order valence-electron chi connectivity index (χ1n) is 2.62. The van der Waals surface area contributed by atoms with Gasteiger partial charge in [0, 0.05) is 20.1 Å². The second-order valence-electron chi connectivity index (χ2n) is 0.992. The summed E-state index contributed by atoms with van der Waals surface area (Å²) in [5.41, 5.74) is 0. The second kappa shape index (κ2) is 20.0. The Morgan fingerprint density at radius 1 is 1.08 bits per heavy atom. The molecule has 1 aliphatic heterocycles. The van der Waals surface area contributed by atoms with E-state index in [0.29, 0.717) is 0 Å². The van der Waals surface area contributed by atoms with Gasteiger partial charge in [0.2, 0.25) is 7.56 Å². The molecule has 1 aliphatic rings. The zero-order valence-electron chi connectivity index (χ0n) is 6.25. The summed E-state index contributed by atoms with van der Waals surface area (Å²) >= 11 is 0. The van der Waals surface area contributed by atoms with Crippen molar-refractivity contribution in [3.63, 3.8) is 0 Å². The van der Waals surface area contributed by atoms with Crippen molar-refractivity contribution in [2.45, 2.75) is 0 Å². The molecule has 74 valence electrons. The van der Waals surface area contributed by atoms with Gasteiger partial charge in [-0.2, -0.15) is 0 Å². The molecule has 5 atom stereocenters. The van der Waals surface area contributed by atoms with Gasteiger partial charge in [-0.1, -0.05) is 4.57 Å². The summed E-state index contributed by atoms with van der Waals surface area (Å²) in [6.45, 7) is 0. The third-order valence-electron chi connectivity index (χ3n) is 0.233. The van der Waals surface area contributed by atoms with E-state index in [1.165, 1.54) is 7.56 Å². The third-order valence-corrected chi connectivity index (χ3v) is 14.9. The summed E-state index contributed by atoms with van der Waals surface area (Å²) in [5.74, 6) is 2.17. The molecule has 12 heavy (non-hydrogen) atoms. The first kappa shape index (κ1) is 20.9. The van der Waals surface area contributed by atoms with Crippen molar-refractivity contribution in [3.8, 4) is 0 Å². The smallest absolute Gasteiger partial charge is 0.134 e. The summed E-state index contributed by atoms with van der Waals surface area (Å²) in [6, 6.07) is 0. The van der Waals surface area contributed by atoms with Gasteiger partial charge in [0.1, 0.15) is 0 Å². The van der Waals surface area contributed by atoms with Gasteiger partial charge >= 0.3 is 15.1 Å². The average Bonchev–Trinajstić information content (AvgIpc) is 1.87. The van der Waals surface area contributed by atoms with Gasteiger partial charge in [-0.05, 0) is 11.8 Å². The molecule has 0 saturated heterocycles. The zero-order chi connectivity index (χ0) is 9.11. The van der Waals surface area contributed by atoms with Crippen molar-refractivity contribution in [1.82, 2.24) is 0 Å². The number of rotatable bonds is 0. The molecule has 1 rings (SSSR count). The average molecular weight is 492 g/mol. The summed E-state index contributed by atoms with van der Waals surface area (Å²) in [4.78, 5) is 0. The standard InChI is InChI=1S/2CH6P2.Ir.OP4/c2*2-1-3;;1-5-3-2-4-5/h2*1-3H2;;/q;;;+1. The van der Waals surface area contributed by atoms with Crippen LogP contribution >= 0.6 is 67.2 Å². The van der Waals surface area contributed by atoms with Crippen LogP contribution in [0.2, 0.25) is 0 Å². The van der Waals surface area contributed by atoms with Gasteiger partial charge in [0.25, 0.3) is 0 Å². The van der Waals surface area contributed by atoms with Crippen LogP contribution in [0.5, 0.6) is 0 Å². The van der Waals surface area contributed by atoms with Crippen LogP contribution in [-0.2, 0) is 24.7 Å². The summed E-state index contributed by atoms with van der Waals surface area (Å²) in [6.07, 6.45) is 0. The van der Waals surface area contributed by atoms with E-state index in [1.807, 2.05) is 0 Å². The molecular weight excluding hydrogens is 480 g/mol. The molecule has 0 saturated carbocycles. The van der Waals surface area contributed by atoms with E-state index >= 15 is 0 Å². The van der Waals surface area contributed by atoms with Crippen molar-refractivity contribution >= 4 is 67.2 Å². The SMILES string of the molecule is O=[P+]1[P]P=P1.PCP.PCP.[Ir]. The Hall–Kier alpha value is 3.50. The minimum Gasteiger partial charge on any atom is -0.134 e. The van der Waals surface area contributed by atoms with E-state index in [-0.39, 0.29) is 20.1 Å². The molecule has 2 radical (unpaired) electrons. The molecule has 0 N–H and O–H groups in total. The molecule has 0 fully saturated rings. The number of hydrogen-bond donors (Lipinski definition) is 0. The first-order valence-corrected chi connectivity index (χ1v) is 12.6. The van der Waals surface area contributed by atoms with Crippen molar-refractivity contribution in [2.75, 3.05) is 11.8 Å². The molecule has 5 unspecified atom stereocenters. The van der Waals surface area contributed by atoms with Crippen LogP contribution in [0, 0.1) is 0 Å². The molecule has 0 aromatic heterocycles. The van der Waals surface area contributed by atoms with Crippen molar-refractivity contribution in [3.05, 3.63) is 0 Å². The Bertz CT molecular complexity index is 114. The molecule has 0 amide bonds. The molecular formula is C2H12IrOP8+. The van der Waals surface area contributed by atoms with E-state index in [0.717, 1.165) is 27.3 Å². The van der Waals surface area contributed by atoms with Crippen LogP contribution in [0.25, 0.3) is 0 Å². The topological polar surface area (TPSA) is 17.1 Å². The minimum atomic E-state index is -0.736. The van der Waals surface area contributed by atoms with Gasteiger partial charge in [0.05, 0.1) is 7.56 Å². The quantitative estimate of drug-likeness (QED) is 0.448. The first-order chi connectivity index (χ1) is 5.22. The normalized spacial score (nSPS) is 18.5. The van der Waals surface area contributed by atoms with Gasteiger partial charge in [-0.25, -0.2) is 0 Å². The van der Waals surface area contributed by atoms with Crippen LogP contribution in [0.15, 0.2) is 0 Å². The van der Waals surface area contributed by atoms with E-state index in [1.54, 1.807) is 0 Å². The van der Waals surface area contributed by atoms with Gasteiger partial charge < -0.3 is 0 Å². The Kier molecular flexibility index (Phi) is 34.7. The maximum absolute atomic E-state index is 10.0. The van der Waals surface area contributed by atoms with Crippen LogP contribution < -0.4 is 0 Å². The van der Waals surface area contributed by atoms with Crippen molar-refractivity contribution in [1.29, 1.82) is 0 Å². The third kappa shape index (κ3) is 23.4. The molecule has 1 heterocycles. The molecule has 1 nitrogen and oxygen atoms in total. The fourth-order valence-electron chi connectivity index (χ4n) is 0.0727. The second-order valence-corrected chi connectivity index (χ2v) is 15.4. The summed E-state index contributed by atoms with van der Waals surface area (Å²) < 4.78 is 10.0. The largest absolute Gasteiger partial charge is 0.432 e. The molecule has 0 aliphatic carbocycles. The maximum Gasteiger partial charge on any atom is 0.432 e. The number of hydrogen-bond acceptors (Lipinski definition) is 1. The van der Waals surface area contributed by atoms with Crippen molar-refractivity contribution < 1.29 is 24.7 Å². The molecule has 0 aromatic rings. The van der Waals surface area contributed by atoms with Crippen LogP contribution in [0.1, 0.15) is 0 Å². The van der Waals surface area contributed by atoms with Crippen LogP contribution in [0.4, 0.5) is 0 Å². The van der Waals surface area contributed by atoms with Gasteiger partial charge in [-0.3, -0.25) is 0 Å². The van der Waals surface area contributed by atoms with E-state index in [9.17, 15) is 4.57 Å². The molecule has 0 bridgehead atoms. The Morgan fingerprint density at radius 3 is 1.25 bits per heavy atom. The van der Waals surface area contributed by atoms with E-state index in [4.69, 9.17) is 0 Å². The Balaban J connectivity index is -0.000000104. The fourth-order valence-corrected chi connectivity index (χ4v) is 5.89. The Morgan fingerprint density at radius 2 is 1.25 bits per heavy atom. The zero-order valence-corrected chi connectivity index (χ0v) is 16.8. The predicted molar refractivity (Wildman–Crippen MR) is 76.9 cm³/mol. The van der Waals surface area contributed by atoms with Crippen molar-refractivity contribution in [2.24, 2.45) is 0 Å². The summed E-state index contributed by atoms with van der Waals surface area (Å²) in [5, 5.41) is 0. The maximum atomic E-state index is 10.0. The van der Waals surface area contributed by atoms with E-state index < -0.39 is 7.18 Å². The van der Waals surface area contributed by atoms with Crippen LogP contribution in [0.3, 0.4) is 0 Å². The van der Waals surface area contributed by atoms with E-state index in [2.05, 4.69) is 37.0 Å². The fraction of sp³-hybridized carbons (Fsp3) is 1.00.